The summed E-state index contributed by atoms with van der Waals surface area (Å²) < 4.78 is 12.8. The highest BCUT2D eigenvalue weighted by molar-refractivity contribution is 7.10. The molecule has 1 aromatic carbocycles. The van der Waals surface area contributed by atoms with E-state index in [9.17, 15) is 9.18 Å². The van der Waals surface area contributed by atoms with E-state index >= 15 is 0 Å². The van der Waals surface area contributed by atoms with Gasteiger partial charge in [-0.1, -0.05) is 23.7 Å². The number of thiophene rings is 1. The van der Waals surface area contributed by atoms with Crippen LogP contribution in [0.1, 0.15) is 10.4 Å². The van der Waals surface area contributed by atoms with Crippen molar-refractivity contribution in [1.29, 1.82) is 0 Å². The Labute approximate surface area is 108 Å². The first-order valence-corrected chi connectivity index (χ1v) is 6.39. The van der Waals surface area contributed by atoms with E-state index in [2.05, 4.69) is 0 Å². The van der Waals surface area contributed by atoms with Gasteiger partial charge in [-0.2, -0.15) is 0 Å². The summed E-state index contributed by atoms with van der Waals surface area (Å²) in [5.41, 5.74) is 0.676. The van der Waals surface area contributed by atoms with Crippen molar-refractivity contribution in [3.8, 4) is 0 Å². The molecule has 0 spiro atoms. The quantitative estimate of drug-likeness (QED) is 0.822. The number of ketones is 1. The normalized spacial score (nSPS) is 10.5. The van der Waals surface area contributed by atoms with Crippen LogP contribution in [0.25, 0.3) is 0 Å². The van der Waals surface area contributed by atoms with Gasteiger partial charge in [-0.3, -0.25) is 4.79 Å². The van der Waals surface area contributed by atoms with E-state index in [0.717, 1.165) is 4.88 Å². The second-order valence-corrected chi connectivity index (χ2v) is 5.15. The predicted molar refractivity (Wildman–Crippen MR) is 68.1 cm³/mol. The molecule has 0 amide bonds. The first-order chi connectivity index (χ1) is 8.15. The van der Waals surface area contributed by atoms with E-state index in [-0.39, 0.29) is 18.0 Å². The van der Waals surface area contributed by atoms with Crippen molar-refractivity contribution in [3.63, 3.8) is 0 Å². The van der Waals surface area contributed by atoms with E-state index in [1.165, 1.54) is 12.1 Å². The molecule has 0 aliphatic heterocycles. The van der Waals surface area contributed by atoms with E-state index < -0.39 is 0 Å². The SMILES string of the molecule is O=C(Cc1cccs1)Cc1ccc(F)cc1Cl. The smallest absolute Gasteiger partial charge is 0.142 e. The van der Waals surface area contributed by atoms with Gasteiger partial charge in [-0.15, -0.1) is 11.3 Å². The third-order valence-corrected chi connectivity index (χ3v) is 3.58. The number of carbonyl (C=O) groups is 1. The molecule has 0 radical (unpaired) electrons. The van der Waals surface area contributed by atoms with Crippen LogP contribution in [0, 0.1) is 5.82 Å². The molecular formula is C13H10ClFOS. The van der Waals surface area contributed by atoms with E-state index in [1.54, 1.807) is 17.4 Å². The average Bonchev–Trinajstić information content (AvgIpc) is 2.75. The topological polar surface area (TPSA) is 17.1 Å². The molecule has 0 fully saturated rings. The molecule has 0 unspecified atom stereocenters. The number of rotatable bonds is 4. The Morgan fingerprint density at radius 1 is 1.29 bits per heavy atom. The lowest BCUT2D eigenvalue weighted by molar-refractivity contribution is -0.117. The van der Waals surface area contributed by atoms with Crippen molar-refractivity contribution in [3.05, 3.63) is 57.0 Å². The maximum atomic E-state index is 12.8. The minimum absolute atomic E-state index is 0.0842. The van der Waals surface area contributed by atoms with Gasteiger partial charge in [0.1, 0.15) is 11.6 Å². The van der Waals surface area contributed by atoms with Crippen LogP contribution in [0.3, 0.4) is 0 Å². The lowest BCUT2D eigenvalue weighted by Crippen LogP contribution is -2.06. The number of hydrogen-bond donors (Lipinski definition) is 0. The number of halogens is 2. The van der Waals surface area contributed by atoms with Crippen LogP contribution in [-0.4, -0.2) is 5.78 Å². The lowest BCUT2D eigenvalue weighted by atomic mass is 10.1. The van der Waals surface area contributed by atoms with Gasteiger partial charge in [0.25, 0.3) is 0 Å². The standard InChI is InChI=1S/C13H10ClFOS/c14-13-7-10(15)4-3-9(13)6-11(16)8-12-2-1-5-17-12/h1-5,7H,6,8H2. The van der Waals surface area contributed by atoms with Crippen LogP contribution in [0.2, 0.25) is 5.02 Å². The molecule has 17 heavy (non-hydrogen) atoms. The molecule has 0 bridgehead atoms. The first-order valence-electron chi connectivity index (χ1n) is 5.13. The molecule has 0 saturated heterocycles. The maximum absolute atomic E-state index is 12.8. The molecule has 0 saturated carbocycles. The summed E-state index contributed by atoms with van der Waals surface area (Å²) in [6.45, 7) is 0. The molecule has 4 heteroatoms. The molecule has 2 aromatic rings. The van der Waals surface area contributed by atoms with Crippen LogP contribution >= 0.6 is 22.9 Å². The Balaban J connectivity index is 2.03. The van der Waals surface area contributed by atoms with Crippen LogP contribution in [0.5, 0.6) is 0 Å². The summed E-state index contributed by atoms with van der Waals surface area (Å²) >= 11 is 7.42. The number of Topliss-reactive ketones (excluding diaryl/α,β-unsaturated/α-hetero) is 1. The van der Waals surface area contributed by atoms with Crippen molar-refractivity contribution in [2.24, 2.45) is 0 Å². The molecule has 1 aromatic heterocycles. The largest absolute Gasteiger partial charge is 0.299 e. The van der Waals surface area contributed by atoms with Gasteiger partial charge in [-0.25, -0.2) is 4.39 Å². The van der Waals surface area contributed by atoms with Gasteiger partial charge in [-0.05, 0) is 29.1 Å². The summed E-state index contributed by atoms with van der Waals surface area (Å²) in [7, 11) is 0. The van der Waals surface area contributed by atoms with Crippen LogP contribution in [0.4, 0.5) is 4.39 Å². The van der Waals surface area contributed by atoms with Crippen LogP contribution in [0.15, 0.2) is 35.7 Å². The third kappa shape index (κ3) is 3.38. The molecule has 1 nitrogen and oxygen atoms in total. The zero-order chi connectivity index (χ0) is 12.3. The molecule has 0 atom stereocenters. The van der Waals surface area contributed by atoms with Crippen molar-refractivity contribution in [2.45, 2.75) is 12.8 Å². The molecule has 2 rings (SSSR count). The Hall–Kier alpha value is -1.19. The van der Waals surface area contributed by atoms with E-state index in [1.807, 2.05) is 17.5 Å². The van der Waals surface area contributed by atoms with Crippen molar-refractivity contribution in [1.82, 2.24) is 0 Å². The Morgan fingerprint density at radius 3 is 2.76 bits per heavy atom. The number of benzene rings is 1. The van der Waals surface area contributed by atoms with Gasteiger partial charge in [0.15, 0.2) is 0 Å². The van der Waals surface area contributed by atoms with Gasteiger partial charge in [0, 0.05) is 22.7 Å². The summed E-state index contributed by atoms with van der Waals surface area (Å²) in [5.74, 6) is -0.301. The second-order valence-electron chi connectivity index (χ2n) is 3.71. The van der Waals surface area contributed by atoms with E-state index in [4.69, 9.17) is 11.6 Å². The molecule has 1 heterocycles. The van der Waals surface area contributed by atoms with Crippen LogP contribution < -0.4 is 0 Å². The molecule has 0 N–H and O–H groups in total. The number of hydrogen-bond acceptors (Lipinski definition) is 2. The third-order valence-electron chi connectivity index (χ3n) is 2.35. The minimum atomic E-state index is -0.385. The van der Waals surface area contributed by atoms with Gasteiger partial charge < -0.3 is 0 Å². The second kappa shape index (κ2) is 5.43. The zero-order valence-electron chi connectivity index (χ0n) is 8.95. The average molecular weight is 269 g/mol. The van der Waals surface area contributed by atoms with Crippen molar-refractivity contribution < 1.29 is 9.18 Å². The summed E-state index contributed by atoms with van der Waals surface area (Å²) in [5, 5.41) is 2.25. The summed E-state index contributed by atoms with van der Waals surface area (Å²) in [6.07, 6.45) is 0.655. The molecular weight excluding hydrogens is 259 g/mol. The molecule has 0 aliphatic rings. The number of carbonyl (C=O) groups excluding carboxylic acids is 1. The Bertz CT molecular complexity index is 522. The van der Waals surface area contributed by atoms with Crippen molar-refractivity contribution >= 4 is 28.7 Å². The molecule has 88 valence electrons. The highest BCUT2D eigenvalue weighted by Crippen LogP contribution is 2.19. The summed E-state index contributed by atoms with van der Waals surface area (Å²) in [6, 6.07) is 7.95. The highest BCUT2D eigenvalue weighted by atomic mass is 35.5. The summed E-state index contributed by atoms with van der Waals surface area (Å²) in [4.78, 5) is 12.8. The van der Waals surface area contributed by atoms with Gasteiger partial charge in [0.05, 0.1) is 0 Å². The maximum Gasteiger partial charge on any atom is 0.142 e. The monoisotopic (exact) mass is 268 g/mol. The highest BCUT2D eigenvalue weighted by Gasteiger charge is 2.09. The first kappa shape index (κ1) is 12.3. The van der Waals surface area contributed by atoms with Gasteiger partial charge in [0.2, 0.25) is 0 Å². The fraction of sp³-hybridized carbons (Fsp3) is 0.154. The predicted octanol–water partition coefficient (Wildman–Crippen LogP) is 3.89. The van der Waals surface area contributed by atoms with Gasteiger partial charge >= 0.3 is 0 Å². The van der Waals surface area contributed by atoms with Crippen molar-refractivity contribution in [2.75, 3.05) is 0 Å². The fourth-order valence-electron chi connectivity index (χ4n) is 1.55. The zero-order valence-corrected chi connectivity index (χ0v) is 10.5. The Kier molecular flexibility index (Phi) is 3.92. The van der Waals surface area contributed by atoms with E-state index in [0.29, 0.717) is 17.0 Å². The minimum Gasteiger partial charge on any atom is -0.299 e. The Morgan fingerprint density at radius 2 is 2.12 bits per heavy atom. The van der Waals surface area contributed by atoms with Crippen LogP contribution in [-0.2, 0) is 17.6 Å². The lowest BCUT2D eigenvalue weighted by Gasteiger charge is -2.03. The fourth-order valence-corrected chi connectivity index (χ4v) is 2.51. The molecule has 0 aliphatic carbocycles.